The Morgan fingerprint density at radius 1 is 1.56 bits per heavy atom. The minimum atomic E-state index is -0.464. The molecule has 84 valence electrons. The average Bonchev–Trinajstić information content (AvgIpc) is 2.22. The Bertz CT molecular complexity index is 446. The van der Waals surface area contributed by atoms with Crippen LogP contribution in [0.15, 0.2) is 18.2 Å². The number of nitrogens with two attached hydrogens (primary N) is 1. The highest BCUT2D eigenvalue weighted by atomic mass is 19.1. The van der Waals surface area contributed by atoms with Crippen LogP contribution in [0.2, 0.25) is 0 Å². The first-order valence-corrected chi connectivity index (χ1v) is 4.88. The third-order valence-electron chi connectivity index (χ3n) is 1.86. The summed E-state index contributed by atoms with van der Waals surface area (Å²) in [6.07, 6.45) is 0.533. The number of carbonyl (C=O) groups excluding carboxylic acids is 1. The lowest BCUT2D eigenvalue weighted by Crippen LogP contribution is -2.20. The molecular weight excluding hydrogens is 207 g/mol. The maximum atomic E-state index is 13.0. The van der Waals surface area contributed by atoms with Gasteiger partial charge in [-0.3, -0.25) is 4.79 Å². The molecule has 0 radical (unpaired) electrons. The molecule has 0 saturated carbocycles. The van der Waals surface area contributed by atoms with Crippen LogP contribution in [0.5, 0.6) is 0 Å². The Labute approximate surface area is 93.8 Å². The second-order valence-electron chi connectivity index (χ2n) is 3.27. The van der Waals surface area contributed by atoms with Gasteiger partial charge in [0.1, 0.15) is 5.82 Å². The van der Waals surface area contributed by atoms with E-state index in [-0.39, 0.29) is 11.6 Å². The predicted octanol–water partition coefficient (Wildman–Crippen LogP) is 1.29. The molecule has 3 N–H and O–H groups in total. The van der Waals surface area contributed by atoms with Gasteiger partial charge in [0.15, 0.2) is 0 Å². The minimum absolute atomic E-state index is 0.0830. The maximum Gasteiger partial charge on any atom is 0.216 e. The van der Waals surface area contributed by atoms with Crippen molar-refractivity contribution in [3.05, 3.63) is 29.6 Å². The van der Waals surface area contributed by atoms with Crippen LogP contribution in [-0.2, 0) is 4.79 Å². The summed E-state index contributed by atoms with van der Waals surface area (Å²) >= 11 is 0. The fourth-order valence-corrected chi connectivity index (χ4v) is 1.07. The van der Waals surface area contributed by atoms with E-state index in [2.05, 4.69) is 17.2 Å². The van der Waals surface area contributed by atoms with Crippen LogP contribution in [-0.4, -0.2) is 12.5 Å². The van der Waals surface area contributed by atoms with Gasteiger partial charge in [0, 0.05) is 25.5 Å². The smallest absolute Gasteiger partial charge is 0.216 e. The number of hydrogen-bond donors (Lipinski definition) is 2. The van der Waals surface area contributed by atoms with E-state index in [1.165, 1.54) is 19.1 Å². The molecule has 16 heavy (non-hydrogen) atoms. The molecule has 1 aromatic carbocycles. The zero-order valence-electron chi connectivity index (χ0n) is 9.01. The maximum absolute atomic E-state index is 13.0. The van der Waals surface area contributed by atoms with E-state index in [0.717, 1.165) is 0 Å². The van der Waals surface area contributed by atoms with E-state index in [9.17, 15) is 9.18 Å². The predicted molar refractivity (Wildman–Crippen MR) is 61.0 cm³/mol. The Morgan fingerprint density at radius 2 is 2.31 bits per heavy atom. The quantitative estimate of drug-likeness (QED) is 0.448. The summed E-state index contributed by atoms with van der Waals surface area (Å²) in [7, 11) is 0. The van der Waals surface area contributed by atoms with Gasteiger partial charge in [0.05, 0.1) is 5.69 Å². The van der Waals surface area contributed by atoms with Crippen molar-refractivity contribution in [3.8, 4) is 11.8 Å². The molecule has 0 aromatic heterocycles. The standard InChI is InChI=1S/C12H13FN2O/c1-9(16)15-7-3-2-4-10-5-6-12(14)11(13)8-10/h5-6,8H,3,7,14H2,1H3,(H,15,16). The molecule has 0 unspecified atom stereocenters. The van der Waals surface area contributed by atoms with Gasteiger partial charge in [-0.25, -0.2) is 4.39 Å². The third-order valence-corrected chi connectivity index (χ3v) is 1.86. The van der Waals surface area contributed by atoms with Gasteiger partial charge < -0.3 is 11.1 Å². The molecule has 0 aliphatic rings. The van der Waals surface area contributed by atoms with Gasteiger partial charge >= 0.3 is 0 Å². The van der Waals surface area contributed by atoms with Crippen molar-refractivity contribution in [2.24, 2.45) is 0 Å². The molecular formula is C12H13FN2O. The molecule has 0 fully saturated rings. The molecule has 0 bridgehead atoms. The van der Waals surface area contributed by atoms with Crippen molar-refractivity contribution in [1.82, 2.24) is 5.32 Å². The van der Waals surface area contributed by atoms with Crippen LogP contribution in [0.1, 0.15) is 18.9 Å². The highest BCUT2D eigenvalue weighted by Crippen LogP contribution is 2.10. The summed E-state index contributed by atoms with van der Waals surface area (Å²) in [5.74, 6) is 5.07. The molecule has 1 amide bonds. The fourth-order valence-electron chi connectivity index (χ4n) is 1.07. The van der Waals surface area contributed by atoms with Crippen molar-refractivity contribution in [1.29, 1.82) is 0 Å². The molecule has 1 rings (SSSR count). The van der Waals surface area contributed by atoms with Crippen LogP contribution < -0.4 is 11.1 Å². The largest absolute Gasteiger partial charge is 0.396 e. The topological polar surface area (TPSA) is 55.1 Å². The molecule has 0 atom stereocenters. The van der Waals surface area contributed by atoms with Crippen LogP contribution >= 0.6 is 0 Å². The second kappa shape index (κ2) is 5.76. The number of rotatable bonds is 2. The van der Waals surface area contributed by atoms with E-state index in [1.54, 1.807) is 6.07 Å². The first-order valence-electron chi connectivity index (χ1n) is 4.88. The summed E-state index contributed by atoms with van der Waals surface area (Å²) in [5.41, 5.74) is 6.02. The molecule has 4 heteroatoms. The van der Waals surface area contributed by atoms with Crippen LogP contribution in [0.3, 0.4) is 0 Å². The molecule has 0 aliphatic heterocycles. The van der Waals surface area contributed by atoms with E-state index < -0.39 is 5.82 Å². The van der Waals surface area contributed by atoms with Crippen LogP contribution in [0.25, 0.3) is 0 Å². The summed E-state index contributed by atoms with van der Waals surface area (Å²) in [4.78, 5) is 10.5. The fraction of sp³-hybridized carbons (Fsp3) is 0.250. The molecule has 0 heterocycles. The average molecular weight is 220 g/mol. The Morgan fingerprint density at radius 3 is 2.94 bits per heavy atom. The summed E-state index contributed by atoms with van der Waals surface area (Å²) < 4.78 is 13.0. The van der Waals surface area contributed by atoms with Crippen molar-refractivity contribution < 1.29 is 9.18 Å². The molecule has 1 aromatic rings. The Balaban J connectivity index is 2.50. The Hall–Kier alpha value is -2.02. The molecule has 3 nitrogen and oxygen atoms in total. The van der Waals surface area contributed by atoms with Gasteiger partial charge in [0.2, 0.25) is 5.91 Å². The zero-order valence-corrected chi connectivity index (χ0v) is 9.01. The highest BCUT2D eigenvalue weighted by molar-refractivity contribution is 5.72. The highest BCUT2D eigenvalue weighted by Gasteiger charge is 1.96. The van der Waals surface area contributed by atoms with E-state index >= 15 is 0 Å². The lowest BCUT2D eigenvalue weighted by Gasteiger charge is -1.96. The summed E-state index contributed by atoms with van der Waals surface area (Å²) in [6, 6.07) is 4.43. The van der Waals surface area contributed by atoms with Crippen molar-refractivity contribution in [2.45, 2.75) is 13.3 Å². The number of hydrogen-bond acceptors (Lipinski definition) is 2. The number of nitrogen functional groups attached to an aromatic ring is 1. The van der Waals surface area contributed by atoms with Crippen molar-refractivity contribution >= 4 is 11.6 Å². The third kappa shape index (κ3) is 4.01. The second-order valence-corrected chi connectivity index (χ2v) is 3.27. The summed E-state index contributed by atoms with van der Waals surface area (Å²) in [5, 5.41) is 2.62. The van der Waals surface area contributed by atoms with Crippen molar-refractivity contribution in [2.75, 3.05) is 12.3 Å². The van der Waals surface area contributed by atoms with Gasteiger partial charge in [0.25, 0.3) is 0 Å². The van der Waals surface area contributed by atoms with Gasteiger partial charge in [-0.2, -0.15) is 0 Å². The first kappa shape index (κ1) is 12.1. The van der Waals surface area contributed by atoms with E-state index in [4.69, 9.17) is 5.73 Å². The number of carbonyl (C=O) groups is 1. The number of halogens is 1. The Kier molecular flexibility index (Phi) is 4.34. The van der Waals surface area contributed by atoms with E-state index in [1.807, 2.05) is 0 Å². The lowest BCUT2D eigenvalue weighted by atomic mass is 10.2. The minimum Gasteiger partial charge on any atom is -0.396 e. The van der Waals surface area contributed by atoms with Crippen LogP contribution in [0.4, 0.5) is 10.1 Å². The molecule has 0 spiro atoms. The zero-order chi connectivity index (χ0) is 12.0. The summed E-state index contributed by atoms with van der Waals surface area (Å²) in [6.45, 7) is 1.95. The van der Waals surface area contributed by atoms with E-state index in [0.29, 0.717) is 18.5 Å². The monoisotopic (exact) mass is 220 g/mol. The number of amides is 1. The van der Waals surface area contributed by atoms with Gasteiger partial charge in [-0.15, -0.1) is 0 Å². The molecule has 0 aliphatic carbocycles. The van der Waals surface area contributed by atoms with Crippen LogP contribution in [0, 0.1) is 17.7 Å². The number of benzene rings is 1. The van der Waals surface area contributed by atoms with Gasteiger partial charge in [-0.1, -0.05) is 11.8 Å². The number of anilines is 1. The SMILES string of the molecule is CC(=O)NCCC#Cc1ccc(N)c(F)c1. The van der Waals surface area contributed by atoms with Crippen molar-refractivity contribution in [3.63, 3.8) is 0 Å². The first-order chi connectivity index (χ1) is 7.59. The number of nitrogens with one attached hydrogen (secondary N) is 1. The normalized spacial score (nSPS) is 9.12. The lowest BCUT2D eigenvalue weighted by molar-refractivity contribution is -0.118. The molecule has 0 saturated heterocycles. The van der Waals surface area contributed by atoms with Gasteiger partial charge in [-0.05, 0) is 18.2 Å².